The van der Waals surface area contributed by atoms with E-state index >= 15 is 0 Å². The summed E-state index contributed by atoms with van der Waals surface area (Å²) in [6, 6.07) is 0.168. The fourth-order valence-electron chi connectivity index (χ4n) is 3.42. The van der Waals surface area contributed by atoms with E-state index in [9.17, 15) is 4.79 Å². The lowest BCUT2D eigenvalue weighted by molar-refractivity contribution is -0.127. The second-order valence-corrected chi connectivity index (χ2v) is 8.07. The molecule has 0 saturated carbocycles. The minimum Gasteiger partial charge on any atom is -0.274 e. The minimum absolute atomic E-state index is 0.0531. The molecule has 0 spiro atoms. The summed E-state index contributed by atoms with van der Waals surface area (Å²) in [6.07, 6.45) is 2.61. The molecule has 1 fully saturated rings. The summed E-state index contributed by atoms with van der Waals surface area (Å²) in [4.78, 5) is 19.3. The summed E-state index contributed by atoms with van der Waals surface area (Å²) in [7, 11) is 0. The van der Waals surface area contributed by atoms with Gasteiger partial charge in [-0.05, 0) is 30.8 Å². The van der Waals surface area contributed by atoms with Crippen LogP contribution >= 0.6 is 0 Å². The van der Waals surface area contributed by atoms with Crippen LogP contribution in [-0.4, -0.2) is 22.7 Å². The van der Waals surface area contributed by atoms with Crippen LogP contribution in [0, 0.1) is 10.8 Å². The highest BCUT2D eigenvalue weighted by Crippen LogP contribution is 2.42. The number of hydrogen-bond donors (Lipinski definition) is 0. The highest BCUT2D eigenvalue weighted by molar-refractivity contribution is 6.04. The van der Waals surface area contributed by atoms with Gasteiger partial charge in [0.1, 0.15) is 5.84 Å². The maximum Gasteiger partial charge on any atom is 0.232 e. The Morgan fingerprint density at radius 3 is 2.15 bits per heavy atom. The molecule has 0 unspecified atom stereocenters. The van der Waals surface area contributed by atoms with Gasteiger partial charge in [-0.3, -0.25) is 14.7 Å². The number of amides is 1. The van der Waals surface area contributed by atoms with Crippen molar-refractivity contribution in [1.29, 1.82) is 0 Å². The van der Waals surface area contributed by atoms with Crippen molar-refractivity contribution in [2.45, 2.75) is 73.8 Å². The predicted molar refractivity (Wildman–Crippen MR) is 83.5 cm³/mol. The Bertz CT molecular complexity index is 486. The number of hydrogen-bond acceptors (Lipinski definition) is 2. The number of aliphatic imine (C=N–C) groups is 1. The molecular formula is C17H28N2O. The summed E-state index contributed by atoms with van der Waals surface area (Å²) in [6.45, 7) is 15.2. The van der Waals surface area contributed by atoms with Gasteiger partial charge in [0, 0.05) is 17.5 Å². The van der Waals surface area contributed by atoms with Crippen LogP contribution in [0.3, 0.4) is 0 Å². The maximum atomic E-state index is 12.5. The van der Waals surface area contributed by atoms with Gasteiger partial charge >= 0.3 is 0 Å². The van der Waals surface area contributed by atoms with Gasteiger partial charge in [-0.1, -0.05) is 41.5 Å². The number of nitrogens with zero attached hydrogens (tertiary/aromatic N) is 2. The molecule has 0 aliphatic carbocycles. The van der Waals surface area contributed by atoms with Crippen LogP contribution < -0.4 is 0 Å². The topological polar surface area (TPSA) is 32.7 Å². The smallest absolute Gasteiger partial charge is 0.232 e. The molecule has 1 saturated heterocycles. The molecule has 0 bridgehead atoms. The first-order chi connectivity index (χ1) is 9.03. The Morgan fingerprint density at radius 2 is 1.65 bits per heavy atom. The summed E-state index contributed by atoms with van der Waals surface area (Å²) in [5.74, 6) is 1.16. The molecule has 0 aromatic carbocycles. The van der Waals surface area contributed by atoms with E-state index in [1.807, 2.05) is 4.90 Å². The third-order valence-electron chi connectivity index (χ3n) is 4.06. The number of rotatable bonds is 0. The second-order valence-electron chi connectivity index (χ2n) is 8.07. The summed E-state index contributed by atoms with van der Waals surface area (Å²) >= 11 is 0. The second kappa shape index (κ2) is 4.71. The van der Waals surface area contributed by atoms with E-state index in [1.54, 1.807) is 0 Å². The van der Waals surface area contributed by atoms with Crippen LogP contribution in [0.5, 0.6) is 0 Å². The van der Waals surface area contributed by atoms with Gasteiger partial charge < -0.3 is 0 Å². The normalized spacial score (nSPS) is 24.8. The summed E-state index contributed by atoms with van der Waals surface area (Å²) in [5, 5.41) is 0. The molecule has 20 heavy (non-hydrogen) atoms. The third kappa shape index (κ3) is 2.55. The van der Waals surface area contributed by atoms with Gasteiger partial charge in [0.15, 0.2) is 0 Å². The first-order valence-corrected chi connectivity index (χ1v) is 7.68. The molecule has 0 radical (unpaired) electrons. The fourth-order valence-corrected chi connectivity index (χ4v) is 3.42. The van der Waals surface area contributed by atoms with Crippen molar-refractivity contribution < 1.29 is 4.79 Å². The van der Waals surface area contributed by atoms with Gasteiger partial charge in [-0.15, -0.1) is 0 Å². The number of allylic oxidation sites excluding steroid dienone is 1. The minimum atomic E-state index is -0.101. The third-order valence-corrected chi connectivity index (χ3v) is 4.06. The largest absolute Gasteiger partial charge is 0.274 e. The zero-order valence-corrected chi connectivity index (χ0v) is 14.0. The van der Waals surface area contributed by atoms with Crippen LogP contribution in [0.1, 0.15) is 67.7 Å². The molecule has 3 nitrogen and oxygen atoms in total. The van der Waals surface area contributed by atoms with Crippen molar-refractivity contribution in [2.24, 2.45) is 15.8 Å². The Balaban J connectivity index is 2.60. The first-order valence-electron chi connectivity index (χ1n) is 7.68. The number of carbonyl (C=O) groups is 1. The first kappa shape index (κ1) is 15.3. The average molecular weight is 276 g/mol. The van der Waals surface area contributed by atoms with Gasteiger partial charge in [0.2, 0.25) is 5.91 Å². The van der Waals surface area contributed by atoms with Crippen LogP contribution in [-0.2, 0) is 4.79 Å². The highest BCUT2D eigenvalue weighted by atomic mass is 16.2. The lowest BCUT2D eigenvalue weighted by atomic mass is 9.77. The molecule has 112 valence electrons. The molecule has 0 N–H and O–H groups in total. The van der Waals surface area contributed by atoms with E-state index in [2.05, 4.69) is 48.5 Å². The van der Waals surface area contributed by atoms with Crippen LogP contribution in [0.15, 0.2) is 16.3 Å². The lowest BCUT2D eigenvalue weighted by Crippen LogP contribution is -2.49. The van der Waals surface area contributed by atoms with E-state index in [1.165, 1.54) is 11.3 Å². The molecule has 0 aromatic heterocycles. The Labute approximate surface area is 123 Å². The lowest BCUT2D eigenvalue weighted by Gasteiger charge is -2.44. The average Bonchev–Trinajstić information content (AvgIpc) is 2.24. The van der Waals surface area contributed by atoms with E-state index in [0.29, 0.717) is 6.42 Å². The van der Waals surface area contributed by atoms with E-state index in [4.69, 9.17) is 4.99 Å². The van der Waals surface area contributed by atoms with Crippen molar-refractivity contribution in [3.05, 3.63) is 11.3 Å². The van der Waals surface area contributed by atoms with Crippen molar-refractivity contribution >= 4 is 11.7 Å². The number of piperidine rings is 1. The standard InChI is InChI=1S/C17H28N2O/c1-11-14(16(2,3)4)12-9-8-10-13(20)19(12)15(18-11)17(5,6)7/h11H,8-10H2,1-7H3/t11-/m0/s1. The van der Waals surface area contributed by atoms with Gasteiger partial charge in [0.05, 0.1) is 6.04 Å². The van der Waals surface area contributed by atoms with Gasteiger partial charge in [-0.25, -0.2) is 0 Å². The predicted octanol–water partition coefficient (Wildman–Crippen LogP) is 4.15. The number of carbonyl (C=O) groups excluding carboxylic acids is 1. The number of fused-ring (bicyclic) bond motifs is 1. The molecule has 2 rings (SSSR count). The molecule has 1 amide bonds. The molecule has 1 atom stereocenters. The van der Waals surface area contributed by atoms with E-state index in [0.717, 1.165) is 18.7 Å². The SMILES string of the molecule is C[C@@H]1N=C(C(C)(C)C)N2C(=O)CCCC2=C1C(C)(C)C. The highest BCUT2D eigenvalue weighted by Gasteiger charge is 2.41. The molecule has 2 heterocycles. The van der Waals surface area contributed by atoms with Gasteiger partial charge in [0.25, 0.3) is 0 Å². The monoisotopic (exact) mass is 276 g/mol. The van der Waals surface area contributed by atoms with E-state index in [-0.39, 0.29) is 22.8 Å². The van der Waals surface area contributed by atoms with Crippen LogP contribution in [0.25, 0.3) is 0 Å². The van der Waals surface area contributed by atoms with Crippen molar-refractivity contribution in [3.8, 4) is 0 Å². The fraction of sp³-hybridized carbons (Fsp3) is 0.765. The Morgan fingerprint density at radius 1 is 1.05 bits per heavy atom. The summed E-state index contributed by atoms with van der Waals surface area (Å²) < 4.78 is 0. The van der Waals surface area contributed by atoms with E-state index < -0.39 is 0 Å². The molecular weight excluding hydrogens is 248 g/mol. The van der Waals surface area contributed by atoms with Crippen molar-refractivity contribution in [2.75, 3.05) is 0 Å². The molecule has 2 aliphatic heterocycles. The zero-order chi connectivity index (χ0) is 15.3. The Hall–Kier alpha value is -1.12. The van der Waals surface area contributed by atoms with Gasteiger partial charge in [-0.2, -0.15) is 0 Å². The molecule has 2 aliphatic rings. The quantitative estimate of drug-likeness (QED) is 0.654. The van der Waals surface area contributed by atoms with Crippen molar-refractivity contribution in [3.63, 3.8) is 0 Å². The Kier molecular flexibility index (Phi) is 3.60. The number of amidine groups is 1. The van der Waals surface area contributed by atoms with Crippen LogP contribution in [0.4, 0.5) is 0 Å². The maximum absolute atomic E-state index is 12.5. The summed E-state index contributed by atoms with van der Waals surface area (Å²) in [5.41, 5.74) is 2.51. The zero-order valence-electron chi connectivity index (χ0n) is 14.0. The molecule has 0 aromatic rings. The van der Waals surface area contributed by atoms with Crippen LogP contribution in [0.2, 0.25) is 0 Å². The van der Waals surface area contributed by atoms with Crippen molar-refractivity contribution in [1.82, 2.24) is 4.90 Å². The molecule has 3 heteroatoms.